The molecule has 0 heterocycles. The van der Waals surface area contributed by atoms with Gasteiger partial charge in [-0.05, 0) is 30.5 Å². The van der Waals surface area contributed by atoms with Crippen molar-refractivity contribution in [3.05, 3.63) is 40.5 Å². The van der Waals surface area contributed by atoms with Gasteiger partial charge in [-0.1, -0.05) is 36.9 Å². The minimum atomic E-state index is -0.254. The van der Waals surface area contributed by atoms with Crippen LogP contribution in [0.5, 0.6) is 0 Å². The highest BCUT2D eigenvalue weighted by molar-refractivity contribution is 6.31. The summed E-state index contributed by atoms with van der Waals surface area (Å²) < 4.78 is 12.8. The summed E-state index contributed by atoms with van der Waals surface area (Å²) in [7, 11) is 0. The van der Waals surface area contributed by atoms with Crippen molar-refractivity contribution in [2.75, 3.05) is 0 Å². The molecule has 0 nitrogen and oxygen atoms in total. The number of benzene rings is 1. The molecule has 75 valence electrons. The van der Waals surface area contributed by atoms with Crippen LogP contribution in [-0.4, -0.2) is 0 Å². The Hall–Kier alpha value is -0.560. The van der Waals surface area contributed by atoms with Crippen molar-refractivity contribution in [2.24, 2.45) is 0 Å². The molecule has 0 aliphatic heterocycles. The van der Waals surface area contributed by atoms with E-state index in [1.165, 1.54) is 37.3 Å². The summed E-state index contributed by atoms with van der Waals surface area (Å²) in [4.78, 5) is 0. The minimum Gasteiger partial charge on any atom is -0.207 e. The van der Waals surface area contributed by atoms with E-state index in [4.69, 9.17) is 11.6 Å². The highest BCUT2D eigenvalue weighted by atomic mass is 35.5. The standard InChI is InChI=1S/C12H13ClF/c13-12-8-10(14)6-7-11(12)9-4-2-1-3-5-9/h6-8H,1-5H2. The van der Waals surface area contributed by atoms with E-state index < -0.39 is 0 Å². The molecular formula is C12H13ClF. The molecule has 0 aromatic heterocycles. The zero-order chi connectivity index (χ0) is 9.97. The predicted molar refractivity (Wildman–Crippen MR) is 56.8 cm³/mol. The average Bonchev–Trinajstić information content (AvgIpc) is 2.19. The van der Waals surface area contributed by atoms with Gasteiger partial charge in [-0.15, -0.1) is 0 Å². The van der Waals surface area contributed by atoms with Crippen LogP contribution < -0.4 is 0 Å². The zero-order valence-corrected chi connectivity index (χ0v) is 8.78. The van der Waals surface area contributed by atoms with E-state index in [-0.39, 0.29) is 5.82 Å². The lowest BCUT2D eigenvalue weighted by Gasteiger charge is -2.22. The molecule has 0 saturated heterocycles. The fourth-order valence-electron chi connectivity index (χ4n) is 2.02. The second kappa shape index (κ2) is 4.31. The van der Waals surface area contributed by atoms with Gasteiger partial charge in [-0.3, -0.25) is 0 Å². The fourth-order valence-corrected chi connectivity index (χ4v) is 2.32. The van der Waals surface area contributed by atoms with Crippen molar-refractivity contribution < 1.29 is 4.39 Å². The molecule has 1 aliphatic carbocycles. The monoisotopic (exact) mass is 211 g/mol. The van der Waals surface area contributed by atoms with Crippen molar-refractivity contribution >= 4 is 11.6 Å². The van der Waals surface area contributed by atoms with Gasteiger partial charge in [-0.25, -0.2) is 4.39 Å². The third-order valence-electron chi connectivity index (χ3n) is 2.77. The Balaban J connectivity index is 2.22. The molecule has 1 fully saturated rings. The number of halogens is 2. The van der Waals surface area contributed by atoms with Crippen molar-refractivity contribution in [3.63, 3.8) is 0 Å². The Morgan fingerprint density at radius 2 is 1.79 bits per heavy atom. The molecular weight excluding hydrogens is 199 g/mol. The fraction of sp³-hybridized carbons (Fsp3) is 0.417. The Kier molecular flexibility index (Phi) is 3.07. The van der Waals surface area contributed by atoms with Gasteiger partial charge in [-0.2, -0.15) is 0 Å². The Labute approximate surface area is 89.1 Å². The SMILES string of the molecule is Fc1ccc([C]2CCCCC2)c(Cl)c1. The summed E-state index contributed by atoms with van der Waals surface area (Å²) in [5.74, 6) is 1.14. The van der Waals surface area contributed by atoms with Gasteiger partial charge in [0, 0.05) is 10.9 Å². The molecule has 2 rings (SSSR count). The molecule has 0 bridgehead atoms. The van der Waals surface area contributed by atoms with Gasteiger partial charge >= 0.3 is 0 Å². The highest BCUT2D eigenvalue weighted by Crippen LogP contribution is 2.35. The molecule has 1 aromatic rings. The van der Waals surface area contributed by atoms with E-state index >= 15 is 0 Å². The summed E-state index contributed by atoms with van der Waals surface area (Å²) in [6.07, 6.45) is 6.02. The van der Waals surface area contributed by atoms with Crippen molar-refractivity contribution in [1.82, 2.24) is 0 Å². The predicted octanol–water partition coefficient (Wildman–Crippen LogP) is 4.37. The number of hydrogen-bond acceptors (Lipinski definition) is 0. The molecule has 0 unspecified atom stereocenters. The van der Waals surface area contributed by atoms with E-state index in [9.17, 15) is 4.39 Å². The van der Waals surface area contributed by atoms with Crippen LogP contribution in [0.2, 0.25) is 5.02 Å². The van der Waals surface area contributed by atoms with Crippen LogP contribution >= 0.6 is 11.6 Å². The molecule has 0 spiro atoms. The maximum atomic E-state index is 12.8. The molecule has 1 radical (unpaired) electrons. The van der Waals surface area contributed by atoms with E-state index in [1.54, 1.807) is 6.07 Å². The topological polar surface area (TPSA) is 0 Å². The molecule has 0 N–H and O–H groups in total. The van der Waals surface area contributed by atoms with Crippen LogP contribution in [0.3, 0.4) is 0 Å². The highest BCUT2D eigenvalue weighted by Gasteiger charge is 2.18. The van der Waals surface area contributed by atoms with E-state index in [0.29, 0.717) is 5.02 Å². The lowest BCUT2D eigenvalue weighted by atomic mass is 9.84. The van der Waals surface area contributed by atoms with Gasteiger partial charge in [0.2, 0.25) is 0 Å². The largest absolute Gasteiger partial charge is 0.207 e. The molecule has 1 aliphatic rings. The number of hydrogen-bond donors (Lipinski definition) is 0. The van der Waals surface area contributed by atoms with Crippen LogP contribution in [0, 0.1) is 11.7 Å². The first-order valence-electron chi connectivity index (χ1n) is 5.07. The van der Waals surface area contributed by atoms with E-state index in [0.717, 1.165) is 18.4 Å². The third-order valence-corrected chi connectivity index (χ3v) is 3.08. The minimum absolute atomic E-state index is 0.254. The summed E-state index contributed by atoms with van der Waals surface area (Å²) in [6.45, 7) is 0. The zero-order valence-electron chi connectivity index (χ0n) is 8.02. The molecule has 0 amide bonds. The molecule has 0 atom stereocenters. The van der Waals surface area contributed by atoms with Gasteiger partial charge in [0.05, 0.1) is 0 Å². The van der Waals surface area contributed by atoms with Crippen LogP contribution in [0.1, 0.15) is 37.7 Å². The normalized spacial score (nSPS) is 18.4. The van der Waals surface area contributed by atoms with Crippen molar-refractivity contribution in [3.8, 4) is 0 Å². The lowest BCUT2D eigenvalue weighted by Crippen LogP contribution is -2.06. The first-order chi connectivity index (χ1) is 6.77. The molecule has 2 heteroatoms. The molecule has 14 heavy (non-hydrogen) atoms. The lowest BCUT2D eigenvalue weighted by molar-refractivity contribution is 0.550. The Bertz CT molecular complexity index is 316. The second-order valence-electron chi connectivity index (χ2n) is 3.79. The molecule has 1 saturated carbocycles. The summed E-state index contributed by atoms with van der Waals surface area (Å²) in [6, 6.07) is 4.69. The van der Waals surface area contributed by atoms with Gasteiger partial charge in [0.25, 0.3) is 0 Å². The summed E-state index contributed by atoms with van der Waals surface area (Å²) in [5.41, 5.74) is 1.05. The maximum Gasteiger partial charge on any atom is 0.124 e. The Morgan fingerprint density at radius 3 is 2.43 bits per heavy atom. The van der Waals surface area contributed by atoms with Crippen LogP contribution in [-0.2, 0) is 0 Å². The third kappa shape index (κ3) is 2.09. The average molecular weight is 212 g/mol. The van der Waals surface area contributed by atoms with Crippen molar-refractivity contribution in [1.29, 1.82) is 0 Å². The molecule has 1 aromatic carbocycles. The first-order valence-corrected chi connectivity index (χ1v) is 5.45. The first kappa shape index (κ1) is 9.97. The van der Waals surface area contributed by atoms with Crippen LogP contribution in [0.4, 0.5) is 4.39 Å². The van der Waals surface area contributed by atoms with E-state index in [2.05, 4.69) is 0 Å². The number of rotatable bonds is 1. The summed E-state index contributed by atoms with van der Waals surface area (Å²) >= 11 is 6.00. The second-order valence-corrected chi connectivity index (χ2v) is 4.20. The van der Waals surface area contributed by atoms with Gasteiger partial charge < -0.3 is 0 Å². The maximum absolute atomic E-state index is 12.8. The van der Waals surface area contributed by atoms with Crippen molar-refractivity contribution in [2.45, 2.75) is 32.1 Å². The van der Waals surface area contributed by atoms with Crippen LogP contribution in [0.15, 0.2) is 18.2 Å². The Morgan fingerprint density at radius 1 is 1.07 bits per heavy atom. The van der Waals surface area contributed by atoms with Crippen LogP contribution in [0.25, 0.3) is 0 Å². The van der Waals surface area contributed by atoms with E-state index in [1.807, 2.05) is 0 Å². The van der Waals surface area contributed by atoms with Gasteiger partial charge in [0.15, 0.2) is 0 Å². The quantitative estimate of drug-likeness (QED) is 0.647. The smallest absolute Gasteiger partial charge is 0.124 e. The summed E-state index contributed by atoms with van der Waals surface area (Å²) in [5, 5.41) is 0.557. The van der Waals surface area contributed by atoms with Gasteiger partial charge in [0.1, 0.15) is 5.82 Å².